The molecule has 0 aliphatic carbocycles. The van der Waals surface area contributed by atoms with Crippen molar-refractivity contribution in [1.82, 2.24) is 9.97 Å². The van der Waals surface area contributed by atoms with Gasteiger partial charge in [-0.15, -0.1) is 11.3 Å². The summed E-state index contributed by atoms with van der Waals surface area (Å²) in [5.41, 5.74) is 1.29. The smallest absolute Gasteiger partial charge is 0.387 e. The Kier molecular flexibility index (Phi) is 4.87. The zero-order valence-electron chi connectivity index (χ0n) is 12.5. The zero-order valence-corrected chi connectivity index (χ0v) is 14.2. The van der Waals surface area contributed by atoms with E-state index in [9.17, 15) is 26.0 Å². The van der Waals surface area contributed by atoms with Crippen molar-refractivity contribution in [1.29, 1.82) is 0 Å². The van der Waals surface area contributed by atoms with Crippen LogP contribution in [0.4, 0.5) is 23.2 Å². The van der Waals surface area contributed by atoms with Crippen LogP contribution in [0.5, 0.6) is 5.75 Å². The van der Waals surface area contributed by atoms with Crippen LogP contribution in [0.3, 0.4) is 0 Å². The number of benzene rings is 1. The predicted molar refractivity (Wildman–Crippen MR) is 85.7 cm³/mol. The molecule has 0 fully saturated rings. The van der Waals surface area contributed by atoms with Crippen LogP contribution in [0.25, 0.3) is 10.6 Å². The summed E-state index contributed by atoms with van der Waals surface area (Å²) in [7, 11) is -4.25. The van der Waals surface area contributed by atoms with Crippen LogP contribution < -0.4 is 9.46 Å². The van der Waals surface area contributed by atoms with Crippen LogP contribution in [0.1, 0.15) is 0 Å². The van der Waals surface area contributed by atoms with Gasteiger partial charge in [-0.25, -0.2) is 17.2 Å². The third-order valence-corrected chi connectivity index (χ3v) is 5.30. The summed E-state index contributed by atoms with van der Waals surface area (Å²) in [5.74, 6) is -3.65. The monoisotopic (exact) mass is 407 g/mol. The van der Waals surface area contributed by atoms with E-state index in [0.717, 1.165) is 0 Å². The maximum absolute atomic E-state index is 13.9. The number of hydrogen-bond acceptors (Lipinski definition) is 5. The number of hydrogen-bond donors (Lipinski definition) is 2. The average molecular weight is 407 g/mol. The highest BCUT2D eigenvalue weighted by Gasteiger charge is 2.21. The molecule has 0 radical (unpaired) electrons. The lowest BCUT2D eigenvalue weighted by Crippen LogP contribution is -2.14. The number of H-pyrrole nitrogens is 1. The fourth-order valence-electron chi connectivity index (χ4n) is 2.02. The fraction of sp³-hybridized carbons (Fsp3) is 0.0714. The van der Waals surface area contributed by atoms with Gasteiger partial charge in [0.2, 0.25) is 0 Å². The third-order valence-electron chi connectivity index (χ3n) is 3.15. The van der Waals surface area contributed by atoms with Gasteiger partial charge < -0.3 is 9.72 Å². The normalized spacial score (nSPS) is 11.7. The van der Waals surface area contributed by atoms with Crippen LogP contribution in [0, 0.1) is 11.6 Å². The van der Waals surface area contributed by atoms with E-state index in [4.69, 9.17) is 0 Å². The number of aromatic nitrogens is 2. The molecule has 2 heterocycles. The van der Waals surface area contributed by atoms with Gasteiger partial charge in [0.1, 0.15) is 4.90 Å². The molecule has 0 aliphatic heterocycles. The summed E-state index contributed by atoms with van der Waals surface area (Å²) in [6, 6.07) is 2.04. The van der Waals surface area contributed by atoms with Crippen molar-refractivity contribution in [2.45, 2.75) is 11.5 Å². The summed E-state index contributed by atoms with van der Waals surface area (Å²) in [4.78, 5) is 7.05. The topological polar surface area (TPSA) is 84.1 Å². The van der Waals surface area contributed by atoms with Gasteiger partial charge in [0, 0.05) is 24.5 Å². The van der Waals surface area contributed by atoms with Gasteiger partial charge in [0.05, 0.1) is 21.8 Å². The highest BCUT2D eigenvalue weighted by Crippen LogP contribution is 2.29. The Morgan fingerprint density at radius 2 is 1.96 bits per heavy atom. The summed E-state index contributed by atoms with van der Waals surface area (Å²) < 4.78 is 82.2. The van der Waals surface area contributed by atoms with Crippen molar-refractivity contribution in [3.8, 4) is 16.3 Å². The molecule has 3 aromatic rings. The molecular weight excluding hydrogens is 398 g/mol. The molecule has 1 aromatic carbocycles. The largest absolute Gasteiger partial charge is 0.432 e. The van der Waals surface area contributed by atoms with Gasteiger partial charge in [0.25, 0.3) is 10.0 Å². The Morgan fingerprint density at radius 3 is 2.62 bits per heavy atom. The molecule has 26 heavy (non-hydrogen) atoms. The van der Waals surface area contributed by atoms with Crippen molar-refractivity contribution >= 4 is 27.0 Å². The Balaban J connectivity index is 1.87. The Bertz CT molecular complexity index is 1020. The molecule has 12 heteroatoms. The van der Waals surface area contributed by atoms with Gasteiger partial charge >= 0.3 is 6.61 Å². The molecule has 138 valence electrons. The second kappa shape index (κ2) is 6.96. The molecular formula is C14H9F4N3O3S2. The van der Waals surface area contributed by atoms with E-state index in [0.29, 0.717) is 22.7 Å². The Morgan fingerprint density at radius 1 is 1.19 bits per heavy atom. The number of halogens is 4. The summed E-state index contributed by atoms with van der Waals surface area (Å²) >= 11 is 1.27. The first-order valence-corrected chi connectivity index (χ1v) is 9.16. The molecule has 3 rings (SSSR count). The molecule has 2 N–H and O–H groups in total. The molecule has 0 bridgehead atoms. The number of aromatic amines is 1. The lowest BCUT2D eigenvalue weighted by molar-refractivity contribution is -0.0523. The van der Waals surface area contributed by atoms with E-state index < -0.39 is 39.7 Å². The molecule has 0 amide bonds. The van der Waals surface area contributed by atoms with Crippen molar-refractivity contribution in [2.75, 3.05) is 4.72 Å². The van der Waals surface area contributed by atoms with Crippen LogP contribution in [0.2, 0.25) is 0 Å². The van der Waals surface area contributed by atoms with Crippen LogP contribution >= 0.6 is 11.3 Å². The van der Waals surface area contributed by atoms with Crippen LogP contribution in [-0.4, -0.2) is 25.0 Å². The molecule has 0 unspecified atom stereocenters. The van der Waals surface area contributed by atoms with Gasteiger partial charge in [0.15, 0.2) is 17.4 Å². The minimum Gasteiger partial charge on any atom is -0.432 e. The quantitative estimate of drug-likeness (QED) is 0.609. The maximum Gasteiger partial charge on any atom is 0.387 e. The van der Waals surface area contributed by atoms with Crippen molar-refractivity contribution in [3.63, 3.8) is 0 Å². The number of anilines is 1. The van der Waals surface area contributed by atoms with E-state index in [1.54, 1.807) is 5.51 Å². The average Bonchev–Trinajstić information content (AvgIpc) is 3.22. The zero-order chi connectivity index (χ0) is 18.9. The van der Waals surface area contributed by atoms with Crippen molar-refractivity contribution < 1.29 is 30.7 Å². The maximum atomic E-state index is 13.9. The summed E-state index contributed by atoms with van der Waals surface area (Å²) in [6.07, 6.45) is 2.69. The highest BCUT2D eigenvalue weighted by molar-refractivity contribution is 7.92. The minimum atomic E-state index is -4.25. The minimum absolute atomic E-state index is 0.228. The number of rotatable bonds is 6. The number of thiazole rings is 1. The SMILES string of the molecule is O=S(=O)(Nc1cc(F)c(OC(F)F)cc1F)c1c[nH]c(-c2cncs2)c1. The first-order chi connectivity index (χ1) is 12.3. The molecule has 0 saturated heterocycles. The second-order valence-electron chi connectivity index (χ2n) is 4.86. The van der Waals surface area contributed by atoms with Crippen LogP contribution in [0.15, 0.2) is 41.0 Å². The third kappa shape index (κ3) is 3.80. The van der Waals surface area contributed by atoms with Gasteiger partial charge in [-0.1, -0.05) is 0 Å². The molecule has 0 spiro atoms. The van der Waals surface area contributed by atoms with E-state index in [2.05, 4.69) is 14.7 Å². The molecule has 0 saturated carbocycles. The van der Waals surface area contributed by atoms with E-state index >= 15 is 0 Å². The number of ether oxygens (including phenoxy) is 1. The highest BCUT2D eigenvalue weighted by atomic mass is 32.2. The van der Waals surface area contributed by atoms with Crippen molar-refractivity contribution in [2.24, 2.45) is 0 Å². The number of nitrogens with one attached hydrogen (secondary N) is 2. The van der Waals surface area contributed by atoms with E-state index in [1.165, 1.54) is 29.8 Å². The van der Waals surface area contributed by atoms with E-state index in [-0.39, 0.29) is 4.90 Å². The Hall–Kier alpha value is -2.60. The summed E-state index contributed by atoms with van der Waals surface area (Å²) in [5, 5.41) is 0. The van der Waals surface area contributed by atoms with Gasteiger partial charge in [-0.05, 0) is 6.07 Å². The number of nitrogens with zero attached hydrogens (tertiary/aromatic N) is 1. The predicted octanol–water partition coefficient (Wildman–Crippen LogP) is 3.82. The van der Waals surface area contributed by atoms with Crippen molar-refractivity contribution in [3.05, 3.63) is 47.7 Å². The molecule has 6 nitrogen and oxygen atoms in total. The second-order valence-corrected chi connectivity index (χ2v) is 7.43. The Labute approximate surface area is 148 Å². The number of sulfonamides is 1. The molecule has 0 aliphatic rings. The van der Waals surface area contributed by atoms with E-state index in [1.807, 2.05) is 4.72 Å². The van der Waals surface area contributed by atoms with Gasteiger partial charge in [-0.2, -0.15) is 8.78 Å². The number of alkyl halides is 2. The summed E-state index contributed by atoms with van der Waals surface area (Å²) in [6.45, 7) is -3.35. The fourth-order valence-corrected chi connectivity index (χ4v) is 3.67. The standard InChI is InChI=1S/C14H9F4N3O3S2/c15-8-3-12(24-14(17)18)9(16)2-10(8)21-26(22,23)7-1-11(20-4-7)13-5-19-6-25-13/h1-6,14,20-21H. The first-order valence-electron chi connectivity index (χ1n) is 6.80. The molecule has 0 atom stereocenters. The van der Waals surface area contributed by atoms with Crippen LogP contribution in [-0.2, 0) is 10.0 Å². The lowest BCUT2D eigenvalue weighted by Gasteiger charge is -2.11. The molecule has 2 aromatic heterocycles. The first kappa shape index (κ1) is 18.2. The lowest BCUT2D eigenvalue weighted by atomic mass is 10.3. The van der Waals surface area contributed by atoms with Gasteiger partial charge in [-0.3, -0.25) is 9.71 Å².